The molecular formula is C18H21NOS. The smallest absolute Gasteiger partial charge is 0.237 e. The first-order chi connectivity index (χ1) is 10.2. The largest absolute Gasteiger partial charge is 0.309 e. The summed E-state index contributed by atoms with van der Waals surface area (Å²) in [6, 6.07) is 20.3. The lowest BCUT2D eigenvalue weighted by molar-refractivity contribution is -0.116. The van der Waals surface area contributed by atoms with Gasteiger partial charge in [-0.15, -0.1) is 11.8 Å². The Morgan fingerprint density at radius 1 is 1.00 bits per heavy atom. The van der Waals surface area contributed by atoms with Gasteiger partial charge in [0.2, 0.25) is 5.91 Å². The summed E-state index contributed by atoms with van der Waals surface area (Å²) in [6.45, 7) is 4.10. The zero-order valence-corrected chi connectivity index (χ0v) is 13.3. The van der Waals surface area contributed by atoms with Crippen molar-refractivity contribution in [2.24, 2.45) is 0 Å². The van der Waals surface area contributed by atoms with Crippen LogP contribution in [0.1, 0.15) is 19.4 Å². The van der Waals surface area contributed by atoms with Gasteiger partial charge in [-0.25, -0.2) is 0 Å². The first-order valence-corrected chi connectivity index (χ1v) is 8.32. The number of rotatable bonds is 6. The quantitative estimate of drug-likeness (QED) is 0.790. The van der Waals surface area contributed by atoms with Crippen LogP contribution < -0.4 is 4.90 Å². The van der Waals surface area contributed by atoms with Crippen molar-refractivity contribution in [2.75, 3.05) is 10.7 Å². The summed E-state index contributed by atoms with van der Waals surface area (Å²) in [7, 11) is 0. The maximum Gasteiger partial charge on any atom is 0.237 e. The van der Waals surface area contributed by atoms with Crippen molar-refractivity contribution >= 4 is 23.4 Å². The van der Waals surface area contributed by atoms with Crippen LogP contribution in [0, 0.1) is 0 Å². The molecule has 0 aromatic heterocycles. The predicted molar refractivity (Wildman–Crippen MR) is 91.7 cm³/mol. The summed E-state index contributed by atoms with van der Waals surface area (Å²) in [5, 5.41) is 0. The minimum Gasteiger partial charge on any atom is -0.309 e. The molecule has 0 bridgehead atoms. The number of nitrogens with zero attached hydrogens (tertiary/aromatic N) is 1. The van der Waals surface area contributed by atoms with Crippen molar-refractivity contribution in [1.82, 2.24) is 0 Å². The maximum absolute atomic E-state index is 12.5. The van der Waals surface area contributed by atoms with E-state index < -0.39 is 0 Å². The zero-order chi connectivity index (χ0) is 15.1. The van der Waals surface area contributed by atoms with E-state index >= 15 is 0 Å². The van der Waals surface area contributed by atoms with E-state index in [-0.39, 0.29) is 11.9 Å². The van der Waals surface area contributed by atoms with Crippen LogP contribution >= 0.6 is 11.8 Å². The molecular weight excluding hydrogens is 278 g/mol. The standard InChI is InChI=1S/C18H21NOS/c1-15(2)19(17-11-7-4-8-12-17)18(20)14-21-13-16-9-5-3-6-10-16/h3-12,15H,13-14H2,1-2H3. The number of anilines is 1. The van der Waals surface area contributed by atoms with Gasteiger partial charge in [-0.3, -0.25) is 4.79 Å². The third-order valence-corrected chi connectivity index (χ3v) is 4.15. The van der Waals surface area contributed by atoms with Crippen LogP contribution in [0.5, 0.6) is 0 Å². The van der Waals surface area contributed by atoms with Crippen LogP contribution in [-0.4, -0.2) is 17.7 Å². The Bertz CT molecular complexity index is 554. The highest BCUT2D eigenvalue weighted by atomic mass is 32.2. The van der Waals surface area contributed by atoms with E-state index in [1.54, 1.807) is 11.8 Å². The lowest BCUT2D eigenvalue weighted by Gasteiger charge is -2.26. The van der Waals surface area contributed by atoms with Gasteiger partial charge in [-0.1, -0.05) is 48.5 Å². The second-order valence-corrected chi connectivity index (χ2v) is 6.16. The second kappa shape index (κ2) is 7.89. The lowest BCUT2D eigenvalue weighted by atomic mass is 10.2. The maximum atomic E-state index is 12.5. The van der Waals surface area contributed by atoms with Gasteiger partial charge in [0.15, 0.2) is 0 Å². The lowest BCUT2D eigenvalue weighted by Crippen LogP contribution is -2.38. The predicted octanol–water partition coefficient (Wildman–Crippen LogP) is 4.36. The van der Waals surface area contributed by atoms with Gasteiger partial charge in [0, 0.05) is 17.5 Å². The van der Waals surface area contributed by atoms with Crippen molar-refractivity contribution in [1.29, 1.82) is 0 Å². The molecule has 2 aromatic carbocycles. The van der Waals surface area contributed by atoms with E-state index in [1.165, 1.54) is 5.56 Å². The Kier molecular flexibility index (Phi) is 5.88. The van der Waals surface area contributed by atoms with E-state index in [2.05, 4.69) is 12.1 Å². The van der Waals surface area contributed by atoms with Gasteiger partial charge in [-0.05, 0) is 31.5 Å². The molecule has 0 aliphatic heterocycles. The molecule has 0 aliphatic carbocycles. The summed E-state index contributed by atoms with van der Waals surface area (Å²) in [5.74, 6) is 1.53. The van der Waals surface area contributed by atoms with Gasteiger partial charge in [0.25, 0.3) is 0 Å². The molecule has 0 N–H and O–H groups in total. The molecule has 110 valence electrons. The van der Waals surface area contributed by atoms with Crippen molar-refractivity contribution in [3.63, 3.8) is 0 Å². The van der Waals surface area contributed by atoms with Crippen LogP contribution in [0.3, 0.4) is 0 Å². The Labute approximate surface area is 131 Å². The zero-order valence-electron chi connectivity index (χ0n) is 12.5. The molecule has 2 aromatic rings. The van der Waals surface area contributed by atoms with E-state index in [1.807, 2.05) is 67.3 Å². The molecule has 2 rings (SSSR count). The van der Waals surface area contributed by atoms with E-state index in [9.17, 15) is 4.79 Å². The molecule has 0 saturated carbocycles. The van der Waals surface area contributed by atoms with Crippen LogP contribution in [0.25, 0.3) is 0 Å². The summed E-state index contributed by atoms with van der Waals surface area (Å²) in [4.78, 5) is 14.4. The topological polar surface area (TPSA) is 20.3 Å². The fourth-order valence-corrected chi connectivity index (χ4v) is 3.06. The second-order valence-electron chi connectivity index (χ2n) is 5.17. The fourth-order valence-electron chi connectivity index (χ4n) is 2.22. The summed E-state index contributed by atoms with van der Waals surface area (Å²) in [6.07, 6.45) is 0. The molecule has 0 atom stereocenters. The Hall–Kier alpha value is -1.74. The van der Waals surface area contributed by atoms with E-state index in [0.717, 1.165) is 11.4 Å². The minimum absolute atomic E-state index is 0.164. The average molecular weight is 299 g/mol. The minimum atomic E-state index is 0.164. The summed E-state index contributed by atoms with van der Waals surface area (Å²) >= 11 is 1.66. The normalized spacial score (nSPS) is 10.6. The van der Waals surface area contributed by atoms with Crippen molar-refractivity contribution < 1.29 is 4.79 Å². The molecule has 0 aliphatic rings. The molecule has 0 heterocycles. The number of thioether (sulfide) groups is 1. The van der Waals surface area contributed by atoms with Crippen LogP contribution in [0.4, 0.5) is 5.69 Å². The van der Waals surface area contributed by atoms with Gasteiger partial charge >= 0.3 is 0 Å². The highest BCUT2D eigenvalue weighted by Crippen LogP contribution is 2.19. The van der Waals surface area contributed by atoms with Crippen molar-refractivity contribution in [3.05, 3.63) is 66.2 Å². The number of amides is 1. The van der Waals surface area contributed by atoms with Crippen LogP contribution in [-0.2, 0) is 10.5 Å². The first kappa shape index (κ1) is 15.6. The number of hydrogen-bond acceptors (Lipinski definition) is 2. The van der Waals surface area contributed by atoms with E-state index in [4.69, 9.17) is 0 Å². The van der Waals surface area contributed by atoms with Gasteiger partial charge in [0.1, 0.15) is 0 Å². The molecule has 0 unspecified atom stereocenters. The van der Waals surface area contributed by atoms with Crippen molar-refractivity contribution in [3.8, 4) is 0 Å². The average Bonchev–Trinajstić information content (AvgIpc) is 2.49. The number of carbonyl (C=O) groups excluding carboxylic acids is 1. The number of carbonyl (C=O) groups is 1. The van der Waals surface area contributed by atoms with Crippen molar-refractivity contribution in [2.45, 2.75) is 25.6 Å². The summed E-state index contributed by atoms with van der Waals surface area (Å²) in [5.41, 5.74) is 2.23. The fraction of sp³-hybridized carbons (Fsp3) is 0.278. The monoisotopic (exact) mass is 299 g/mol. The molecule has 0 fully saturated rings. The molecule has 0 radical (unpaired) electrons. The SMILES string of the molecule is CC(C)N(C(=O)CSCc1ccccc1)c1ccccc1. The van der Waals surface area contributed by atoms with Gasteiger partial charge < -0.3 is 4.90 Å². The van der Waals surface area contributed by atoms with Gasteiger partial charge in [0.05, 0.1) is 5.75 Å². The van der Waals surface area contributed by atoms with E-state index in [0.29, 0.717) is 5.75 Å². The summed E-state index contributed by atoms with van der Waals surface area (Å²) < 4.78 is 0. The first-order valence-electron chi connectivity index (χ1n) is 7.17. The Morgan fingerprint density at radius 3 is 2.14 bits per heavy atom. The molecule has 2 nitrogen and oxygen atoms in total. The molecule has 1 amide bonds. The molecule has 0 spiro atoms. The number of hydrogen-bond donors (Lipinski definition) is 0. The third kappa shape index (κ3) is 4.64. The molecule has 0 saturated heterocycles. The Morgan fingerprint density at radius 2 is 1.57 bits per heavy atom. The van der Waals surface area contributed by atoms with Gasteiger partial charge in [-0.2, -0.15) is 0 Å². The highest BCUT2D eigenvalue weighted by Gasteiger charge is 2.18. The Balaban J connectivity index is 1.94. The van der Waals surface area contributed by atoms with Crippen LogP contribution in [0.2, 0.25) is 0 Å². The highest BCUT2D eigenvalue weighted by molar-refractivity contribution is 7.99. The number of benzene rings is 2. The molecule has 3 heteroatoms. The number of para-hydroxylation sites is 1. The van der Waals surface area contributed by atoms with Crippen LogP contribution in [0.15, 0.2) is 60.7 Å². The molecule has 21 heavy (non-hydrogen) atoms. The third-order valence-electron chi connectivity index (χ3n) is 3.16.